The van der Waals surface area contributed by atoms with Crippen LogP contribution in [0.15, 0.2) is 18.2 Å². The molecule has 1 aliphatic rings. The molecular weight excluding hydrogens is 249 g/mol. The average Bonchev–Trinajstić information content (AvgIpc) is 3.20. The van der Waals surface area contributed by atoms with E-state index in [9.17, 15) is 9.18 Å². The van der Waals surface area contributed by atoms with Crippen molar-refractivity contribution in [3.63, 3.8) is 0 Å². The highest BCUT2D eigenvalue weighted by molar-refractivity contribution is 5.85. The highest BCUT2D eigenvalue weighted by Crippen LogP contribution is 2.45. The molecule has 1 aromatic rings. The number of amides is 1. The number of carbonyl (C=O) groups is 1. The third-order valence-electron chi connectivity index (χ3n) is 3.56. The fraction of sp³-hybridized carbons (Fsp3) is 0.500. The van der Waals surface area contributed by atoms with Crippen molar-refractivity contribution in [2.24, 2.45) is 5.41 Å². The van der Waals surface area contributed by atoms with E-state index in [1.54, 1.807) is 6.07 Å². The van der Waals surface area contributed by atoms with Gasteiger partial charge in [-0.05, 0) is 43.0 Å². The number of halogens is 1. The minimum atomic E-state index is -0.563. The predicted octanol–water partition coefficient (Wildman–Crippen LogP) is 1.27. The van der Waals surface area contributed by atoms with E-state index in [0.717, 1.165) is 18.4 Å². The number of hydrogen-bond donors (Lipinski definition) is 2. The molecule has 4 nitrogen and oxygen atoms in total. The smallest absolute Gasteiger partial charge is 0.228 e. The van der Waals surface area contributed by atoms with E-state index in [1.165, 1.54) is 19.2 Å². The molecule has 104 valence electrons. The lowest BCUT2D eigenvalue weighted by atomic mass is 10.1. The van der Waals surface area contributed by atoms with E-state index in [4.69, 9.17) is 9.84 Å². The molecule has 2 rings (SSSR count). The molecule has 0 unspecified atom stereocenters. The van der Waals surface area contributed by atoms with E-state index in [-0.39, 0.29) is 18.3 Å². The number of carbonyl (C=O) groups excluding carboxylic acids is 1. The van der Waals surface area contributed by atoms with Gasteiger partial charge in [-0.25, -0.2) is 4.39 Å². The molecule has 0 aliphatic heterocycles. The van der Waals surface area contributed by atoms with Crippen molar-refractivity contribution in [2.75, 3.05) is 20.3 Å². The van der Waals surface area contributed by atoms with Crippen LogP contribution < -0.4 is 10.1 Å². The van der Waals surface area contributed by atoms with Crippen molar-refractivity contribution in [3.05, 3.63) is 29.6 Å². The Balaban J connectivity index is 1.89. The molecule has 1 fully saturated rings. The Morgan fingerprint density at radius 3 is 2.84 bits per heavy atom. The Hall–Kier alpha value is -1.62. The quantitative estimate of drug-likeness (QED) is 0.816. The third-order valence-corrected chi connectivity index (χ3v) is 3.56. The van der Waals surface area contributed by atoms with Crippen molar-refractivity contribution < 1.29 is 19.0 Å². The van der Waals surface area contributed by atoms with Crippen LogP contribution in [0, 0.1) is 11.2 Å². The molecule has 0 radical (unpaired) electrons. The SMILES string of the molecule is COc1ccc(F)cc1CCNC(=O)C1(CO)CC1. The summed E-state index contributed by atoms with van der Waals surface area (Å²) in [4.78, 5) is 11.8. The van der Waals surface area contributed by atoms with Crippen LogP contribution in [0.5, 0.6) is 5.75 Å². The maximum Gasteiger partial charge on any atom is 0.228 e. The van der Waals surface area contributed by atoms with Crippen LogP contribution in [-0.2, 0) is 11.2 Å². The van der Waals surface area contributed by atoms with E-state index >= 15 is 0 Å². The molecular formula is C14H18FNO3. The number of ether oxygens (including phenoxy) is 1. The zero-order valence-electron chi connectivity index (χ0n) is 10.9. The van der Waals surface area contributed by atoms with Crippen molar-refractivity contribution in [1.29, 1.82) is 0 Å². The van der Waals surface area contributed by atoms with Crippen LogP contribution in [0.3, 0.4) is 0 Å². The maximum atomic E-state index is 13.1. The van der Waals surface area contributed by atoms with Crippen LogP contribution in [0.2, 0.25) is 0 Å². The van der Waals surface area contributed by atoms with Gasteiger partial charge in [-0.1, -0.05) is 0 Å². The number of aliphatic hydroxyl groups excluding tert-OH is 1. The molecule has 0 saturated heterocycles. The summed E-state index contributed by atoms with van der Waals surface area (Å²) < 4.78 is 18.3. The zero-order valence-corrected chi connectivity index (χ0v) is 10.9. The van der Waals surface area contributed by atoms with Crippen molar-refractivity contribution in [3.8, 4) is 5.75 Å². The second-order valence-electron chi connectivity index (χ2n) is 4.90. The number of rotatable bonds is 6. The van der Waals surface area contributed by atoms with Gasteiger partial charge in [0.15, 0.2) is 0 Å². The van der Waals surface area contributed by atoms with Gasteiger partial charge in [0, 0.05) is 6.54 Å². The lowest BCUT2D eigenvalue weighted by Gasteiger charge is -2.13. The monoisotopic (exact) mass is 267 g/mol. The van der Waals surface area contributed by atoms with Gasteiger partial charge in [-0.15, -0.1) is 0 Å². The summed E-state index contributed by atoms with van der Waals surface area (Å²) >= 11 is 0. The van der Waals surface area contributed by atoms with E-state index < -0.39 is 5.41 Å². The fourth-order valence-corrected chi connectivity index (χ4v) is 2.05. The molecule has 1 aliphatic carbocycles. The van der Waals surface area contributed by atoms with Gasteiger partial charge in [0.25, 0.3) is 0 Å². The van der Waals surface area contributed by atoms with Crippen molar-refractivity contribution >= 4 is 5.91 Å². The topological polar surface area (TPSA) is 58.6 Å². The first-order chi connectivity index (χ1) is 9.11. The van der Waals surface area contributed by atoms with Gasteiger partial charge in [-0.2, -0.15) is 0 Å². The summed E-state index contributed by atoms with van der Waals surface area (Å²) in [7, 11) is 1.53. The third kappa shape index (κ3) is 3.04. The van der Waals surface area contributed by atoms with Crippen molar-refractivity contribution in [2.45, 2.75) is 19.3 Å². The first-order valence-corrected chi connectivity index (χ1v) is 6.33. The number of hydrogen-bond acceptors (Lipinski definition) is 3. The zero-order chi connectivity index (χ0) is 13.9. The summed E-state index contributed by atoms with van der Waals surface area (Å²) in [6.07, 6.45) is 1.96. The molecule has 0 atom stereocenters. The largest absolute Gasteiger partial charge is 0.496 e. The van der Waals surface area contributed by atoms with Crippen LogP contribution in [-0.4, -0.2) is 31.3 Å². The Labute approximate surface area is 111 Å². The molecule has 2 N–H and O–H groups in total. The molecule has 0 aromatic heterocycles. The van der Waals surface area contributed by atoms with E-state index in [0.29, 0.717) is 18.7 Å². The Morgan fingerprint density at radius 1 is 1.53 bits per heavy atom. The molecule has 0 heterocycles. The average molecular weight is 267 g/mol. The van der Waals surface area contributed by atoms with Crippen molar-refractivity contribution in [1.82, 2.24) is 5.32 Å². The minimum Gasteiger partial charge on any atom is -0.496 e. The van der Waals surface area contributed by atoms with Gasteiger partial charge in [-0.3, -0.25) is 4.79 Å². The van der Waals surface area contributed by atoms with E-state index in [2.05, 4.69) is 5.32 Å². The number of methoxy groups -OCH3 is 1. The highest BCUT2D eigenvalue weighted by atomic mass is 19.1. The van der Waals surface area contributed by atoms with Gasteiger partial charge >= 0.3 is 0 Å². The van der Waals surface area contributed by atoms with Gasteiger partial charge in [0.1, 0.15) is 11.6 Å². The molecule has 1 saturated carbocycles. The van der Waals surface area contributed by atoms with Crippen LogP contribution in [0.1, 0.15) is 18.4 Å². The second-order valence-corrected chi connectivity index (χ2v) is 4.90. The molecule has 1 amide bonds. The lowest BCUT2D eigenvalue weighted by Crippen LogP contribution is -2.35. The van der Waals surface area contributed by atoms with Crippen LogP contribution >= 0.6 is 0 Å². The van der Waals surface area contributed by atoms with Gasteiger partial charge in [0.2, 0.25) is 5.91 Å². The fourth-order valence-electron chi connectivity index (χ4n) is 2.05. The highest BCUT2D eigenvalue weighted by Gasteiger charge is 2.49. The molecule has 19 heavy (non-hydrogen) atoms. The molecule has 1 aromatic carbocycles. The number of aliphatic hydroxyl groups is 1. The Kier molecular flexibility index (Phi) is 4.04. The van der Waals surface area contributed by atoms with E-state index in [1.807, 2.05) is 0 Å². The van der Waals surface area contributed by atoms with Gasteiger partial charge in [0.05, 0.1) is 19.1 Å². The van der Waals surface area contributed by atoms with Crippen LogP contribution in [0.4, 0.5) is 4.39 Å². The summed E-state index contributed by atoms with van der Waals surface area (Å²) in [5.41, 5.74) is 0.156. The normalized spacial score (nSPS) is 15.9. The standard InChI is InChI=1S/C14H18FNO3/c1-19-12-3-2-11(15)8-10(12)4-7-16-13(18)14(9-17)5-6-14/h2-3,8,17H,4-7,9H2,1H3,(H,16,18). The van der Waals surface area contributed by atoms with Gasteiger partial charge < -0.3 is 15.2 Å². The minimum absolute atomic E-state index is 0.109. The summed E-state index contributed by atoms with van der Waals surface area (Å²) in [6.45, 7) is 0.294. The molecule has 0 spiro atoms. The maximum absolute atomic E-state index is 13.1. The lowest BCUT2D eigenvalue weighted by molar-refractivity contribution is -0.127. The van der Waals surface area contributed by atoms with Crippen LogP contribution in [0.25, 0.3) is 0 Å². The first kappa shape index (κ1) is 13.8. The predicted molar refractivity (Wildman–Crippen MR) is 68.4 cm³/mol. The first-order valence-electron chi connectivity index (χ1n) is 6.33. The summed E-state index contributed by atoms with van der Waals surface area (Å²) in [5, 5.41) is 11.9. The number of benzene rings is 1. The second kappa shape index (κ2) is 5.57. The summed E-state index contributed by atoms with van der Waals surface area (Å²) in [5.74, 6) is 0.167. The number of nitrogens with one attached hydrogen (secondary N) is 1. The Morgan fingerprint density at radius 2 is 2.26 bits per heavy atom. The summed E-state index contributed by atoms with van der Waals surface area (Å²) in [6, 6.07) is 4.32. The molecule has 5 heteroatoms. The molecule has 0 bridgehead atoms. The Bertz CT molecular complexity index is 472.